The normalized spacial score (nSPS) is 13.3. The van der Waals surface area contributed by atoms with Crippen molar-refractivity contribution in [3.63, 3.8) is 0 Å². The number of para-hydroxylation sites is 1. The highest BCUT2D eigenvalue weighted by Crippen LogP contribution is 2.30. The summed E-state index contributed by atoms with van der Waals surface area (Å²) in [4.78, 5) is 50.2. The van der Waals surface area contributed by atoms with Crippen LogP contribution in [0.4, 0.5) is 0 Å². The van der Waals surface area contributed by atoms with Crippen molar-refractivity contribution >= 4 is 23.9 Å². The van der Waals surface area contributed by atoms with Crippen LogP contribution in [0.1, 0.15) is 73.6 Å². The first kappa shape index (κ1) is 33.5. The van der Waals surface area contributed by atoms with Crippen LogP contribution in [0.2, 0.25) is 0 Å². The van der Waals surface area contributed by atoms with Crippen molar-refractivity contribution < 1.29 is 38.1 Å². The molecule has 3 unspecified atom stereocenters. The molecule has 0 aromatic heterocycles. The van der Waals surface area contributed by atoms with E-state index in [4.69, 9.17) is 18.9 Å². The van der Waals surface area contributed by atoms with Crippen LogP contribution >= 0.6 is 0 Å². The zero-order valence-corrected chi connectivity index (χ0v) is 25.1. The van der Waals surface area contributed by atoms with Gasteiger partial charge in [-0.3, -0.25) is 19.2 Å². The van der Waals surface area contributed by atoms with Crippen LogP contribution in [0.3, 0.4) is 0 Å². The number of unbranched alkanes of at least 4 members (excludes halogenated alkanes) is 2. The fourth-order valence-corrected chi connectivity index (χ4v) is 4.25. The van der Waals surface area contributed by atoms with Crippen molar-refractivity contribution in [1.82, 2.24) is 0 Å². The molecule has 0 aliphatic carbocycles. The Bertz CT molecular complexity index is 1130. The van der Waals surface area contributed by atoms with Gasteiger partial charge in [0.1, 0.15) is 5.75 Å². The van der Waals surface area contributed by atoms with Crippen LogP contribution in [0.25, 0.3) is 11.1 Å². The largest absolute Gasteiger partial charge is 0.465 e. The molecule has 2 aromatic rings. The SMILES string of the molecule is CC(C)OC(=O)C(C)C(CC(C)C(=O)OCCCCCC(=O)Oc1ccccc1-c1ccccc1)C(=O)OC(C)C. The number of rotatable bonds is 16. The van der Waals surface area contributed by atoms with E-state index in [9.17, 15) is 19.2 Å². The molecule has 0 aliphatic heterocycles. The van der Waals surface area contributed by atoms with E-state index in [1.165, 1.54) is 0 Å². The maximum Gasteiger partial charge on any atom is 0.311 e. The zero-order chi connectivity index (χ0) is 30.4. The molecular formula is C33H44O8. The highest BCUT2D eigenvalue weighted by Gasteiger charge is 2.36. The third-order valence-corrected chi connectivity index (χ3v) is 6.46. The van der Waals surface area contributed by atoms with Gasteiger partial charge in [0, 0.05) is 12.0 Å². The summed E-state index contributed by atoms with van der Waals surface area (Å²) in [7, 11) is 0. The lowest BCUT2D eigenvalue weighted by atomic mass is 9.85. The Kier molecular flexibility index (Phi) is 14.1. The molecule has 0 fully saturated rings. The fourth-order valence-electron chi connectivity index (χ4n) is 4.25. The standard InChI is InChI=1S/C33H44O8/c1-22(2)39-32(36)25(6)28(33(37)40-23(3)4)21-24(5)31(35)38-20-14-8-11-19-30(34)41-29-18-13-12-17-27(29)26-15-9-7-10-16-26/h7,9-10,12-13,15-18,22-25,28H,8,11,14,19-21H2,1-6H3. The van der Waals surface area contributed by atoms with Crippen LogP contribution in [-0.2, 0) is 33.4 Å². The van der Waals surface area contributed by atoms with Gasteiger partial charge in [0.15, 0.2) is 0 Å². The second-order valence-corrected chi connectivity index (χ2v) is 10.8. The molecule has 0 N–H and O–H groups in total. The van der Waals surface area contributed by atoms with Gasteiger partial charge in [0.2, 0.25) is 0 Å². The molecule has 2 rings (SSSR count). The molecule has 0 radical (unpaired) electrons. The minimum absolute atomic E-state index is 0.106. The van der Waals surface area contributed by atoms with Gasteiger partial charge < -0.3 is 18.9 Å². The summed E-state index contributed by atoms with van der Waals surface area (Å²) in [5, 5.41) is 0. The first-order valence-corrected chi connectivity index (χ1v) is 14.4. The highest BCUT2D eigenvalue weighted by atomic mass is 16.6. The number of carbonyl (C=O) groups excluding carboxylic acids is 4. The van der Waals surface area contributed by atoms with Gasteiger partial charge in [-0.1, -0.05) is 62.4 Å². The van der Waals surface area contributed by atoms with Gasteiger partial charge in [-0.25, -0.2) is 0 Å². The summed E-state index contributed by atoms with van der Waals surface area (Å²) < 4.78 is 21.6. The van der Waals surface area contributed by atoms with Crippen LogP contribution in [0.5, 0.6) is 5.75 Å². The van der Waals surface area contributed by atoms with Crippen molar-refractivity contribution in [3.05, 3.63) is 54.6 Å². The Morgan fingerprint density at radius 3 is 1.95 bits per heavy atom. The lowest BCUT2D eigenvalue weighted by Crippen LogP contribution is -2.35. The average molecular weight is 569 g/mol. The lowest BCUT2D eigenvalue weighted by molar-refractivity contribution is -0.166. The molecule has 0 heterocycles. The average Bonchev–Trinajstić information content (AvgIpc) is 2.92. The van der Waals surface area contributed by atoms with Gasteiger partial charge in [0.05, 0.1) is 36.6 Å². The third-order valence-electron chi connectivity index (χ3n) is 6.46. The van der Waals surface area contributed by atoms with E-state index in [-0.39, 0.29) is 37.6 Å². The molecule has 8 heteroatoms. The van der Waals surface area contributed by atoms with Crippen LogP contribution < -0.4 is 4.74 Å². The third kappa shape index (κ3) is 11.8. The first-order chi connectivity index (χ1) is 19.5. The van der Waals surface area contributed by atoms with Gasteiger partial charge >= 0.3 is 23.9 Å². The molecule has 3 atom stereocenters. The van der Waals surface area contributed by atoms with Crippen molar-refractivity contribution in [1.29, 1.82) is 0 Å². The summed E-state index contributed by atoms with van der Waals surface area (Å²) >= 11 is 0. The van der Waals surface area contributed by atoms with Crippen LogP contribution in [-0.4, -0.2) is 42.7 Å². The van der Waals surface area contributed by atoms with Gasteiger partial charge in [-0.2, -0.15) is 0 Å². The summed E-state index contributed by atoms with van der Waals surface area (Å²) in [5.74, 6) is -3.50. The zero-order valence-electron chi connectivity index (χ0n) is 25.1. The molecular weight excluding hydrogens is 524 g/mol. The van der Waals surface area contributed by atoms with Gasteiger partial charge in [-0.15, -0.1) is 0 Å². The minimum atomic E-state index is -0.829. The van der Waals surface area contributed by atoms with Crippen molar-refractivity contribution in [3.8, 4) is 16.9 Å². The molecule has 224 valence electrons. The second kappa shape index (κ2) is 17.2. The number of hydrogen-bond acceptors (Lipinski definition) is 8. The maximum atomic E-state index is 12.7. The smallest absolute Gasteiger partial charge is 0.311 e. The molecule has 8 nitrogen and oxygen atoms in total. The highest BCUT2D eigenvalue weighted by molar-refractivity contribution is 5.83. The maximum absolute atomic E-state index is 12.7. The van der Waals surface area contributed by atoms with E-state index >= 15 is 0 Å². The van der Waals surface area contributed by atoms with Gasteiger partial charge in [-0.05, 0) is 65.0 Å². The minimum Gasteiger partial charge on any atom is -0.465 e. The van der Waals surface area contributed by atoms with E-state index < -0.39 is 35.7 Å². The molecule has 0 aliphatic rings. The predicted octanol–water partition coefficient (Wildman–Crippen LogP) is 6.54. The van der Waals surface area contributed by atoms with Crippen LogP contribution in [0, 0.1) is 17.8 Å². The number of ether oxygens (including phenoxy) is 4. The predicted molar refractivity (Wildman–Crippen MR) is 156 cm³/mol. The van der Waals surface area contributed by atoms with Crippen molar-refractivity contribution in [2.24, 2.45) is 17.8 Å². The molecule has 41 heavy (non-hydrogen) atoms. The molecule has 0 bridgehead atoms. The molecule has 0 amide bonds. The first-order valence-electron chi connectivity index (χ1n) is 14.4. The fraction of sp³-hybridized carbons (Fsp3) is 0.515. The summed E-state index contributed by atoms with van der Waals surface area (Å²) in [6.45, 7) is 10.4. The monoisotopic (exact) mass is 568 g/mol. The number of carbonyl (C=O) groups is 4. The topological polar surface area (TPSA) is 105 Å². The number of esters is 4. The number of benzene rings is 2. The lowest BCUT2D eigenvalue weighted by Gasteiger charge is -2.25. The van der Waals surface area contributed by atoms with E-state index in [0.717, 1.165) is 11.1 Å². The van der Waals surface area contributed by atoms with E-state index in [1.54, 1.807) is 47.6 Å². The molecule has 0 saturated carbocycles. The quantitative estimate of drug-likeness (QED) is 0.0972. The molecule has 2 aromatic carbocycles. The molecule has 0 spiro atoms. The van der Waals surface area contributed by atoms with Crippen molar-refractivity contribution in [2.75, 3.05) is 6.61 Å². The Labute approximate surface area is 243 Å². The summed E-state index contributed by atoms with van der Waals surface area (Å²) in [5.41, 5.74) is 1.83. The summed E-state index contributed by atoms with van der Waals surface area (Å²) in [6, 6.07) is 17.2. The van der Waals surface area contributed by atoms with Crippen molar-refractivity contribution in [2.45, 2.75) is 85.9 Å². The second-order valence-electron chi connectivity index (χ2n) is 10.8. The Hall–Kier alpha value is -3.68. The van der Waals surface area contributed by atoms with E-state index in [1.807, 2.05) is 48.5 Å². The Balaban J connectivity index is 1.77. The number of hydrogen-bond donors (Lipinski definition) is 0. The van der Waals surface area contributed by atoms with Gasteiger partial charge in [0.25, 0.3) is 0 Å². The van der Waals surface area contributed by atoms with E-state index in [2.05, 4.69) is 0 Å². The Morgan fingerprint density at radius 1 is 0.683 bits per heavy atom. The Morgan fingerprint density at radius 2 is 1.29 bits per heavy atom. The summed E-state index contributed by atoms with van der Waals surface area (Å²) in [6.07, 6.45) is 1.54. The van der Waals surface area contributed by atoms with E-state index in [0.29, 0.717) is 25.0 Å². The molecule has 0 saturated heterocycles. The van der Waals surface area contributed by atoms with Crippen LogP contribution in [0.15, 0.2) is 54.6 Å².